The Morgan fingerprint density at radius 3 is 2.53 bits per heavy atom. The van der Waals surface area contributed by atoms with Gasteiger partial charge in [-0.1, -0.05) is 29.8 Å². The lowest BCUT2D eigenvalue weighted by molar-refractivity contribution is 0.262. The Labute approximate surface area is 105 Å². The summed E-state index contributed by atoms with van der Waals surface area (Å²) in [7, 11) is 2.07. The van der Waals surface area contributed by atoms with E-state index >= 15 is 0 Å². The van der Waals surface area contributed by atoms with Gasteiger partial charge < -0.3 is 11.1 Å². The molecule has 1 fully saturated rings. The van der Waals surface area contributed by atoms with Crippen molar-refractivity contribution in [3.8, 4) is 0 Å². The summed E-state index contributed by atoms with van der Waals surface area (Å²) in [6.45, 7) is 2.16. The first kappa shape index (κ1) is 12.6. The molecule has 0 spiro atoms. The lowest BCUT2D eigenvalue weighted by atomic mass is 9.79. The number of aryl methyl sites for hydroxylation is 1. The second-order valence-corrected chi connectivity index (χ2v) is 5.36. The fraction of sp³-hybridized carbons (Fsp3) is 0.600. The van der Waals surface area contributed by atoms with Crippen LogP contribution in [0.4, 0.5) is 0 Å². The largest absolute Gasteiger partial charge is 0.328 e. The van der Waals surface area contributed by atoms with Crippen molar-refractivity contribution >= 4 is 0 Å². The Bertz CT molecular complexity index is 354. The van der Waals surface area contributed by atoms with Gasteiger partial charge in [-0.15, -0.1) is 0 Å². The zero-order valence-electron chi connectivity index (χ0n) is 10.9. The fourth-order valence-electron chi connectivity index (χ4n) is 3.02. The third-order valence-corrected chi connectivity index (χ3v) is 4.00. The van der Waals surface area contributed by atoms with Gasteiger partial charge in [-0.05, 0) is 51.1 Å². The predicted molar refractivity (Wildman–Crippen MR) is 72.9 cm³/mol. The molecule has 1 unspecified atom stereocenters. The molecule has 0 heterocycles. The van der Waals surface area contributed by atoms with Crippen LogP contribution in [0.15, 0.2) is 24.3 Å². The quantitative estimate of drug-likeness (QED) is 0.841. The molecule has 1 aliphatic rings. The molecule has 1 aromatic rings. The van der Waals surface area contributed by atoms with E-state index in [1.54, 1.807) is 0 Å². The zero-order chi connectivity index (χ0) is 12.3. The van der Waals surface area contributed by atoms with Gasteiger partial charge >= 0.3 is 0 Å². The maximum absolute atomic E-state index is 5.98. The minimum absolute atomic E-state index is 0.432. The minimum atomic E-state index is 0.432. The molecule has 1 atom stereocenters. The molecule has 2 heteroatoms. The number of benzene rings is 1. The SMILES string of the molecule is CNC(c1cccc(C)c1)C1CCC(N)CC1. The van der Waals surface area contributed by atoms with Gasteiger partial charge in [-0.25, -0.2) is 0 Å². The molecule has 1 aromatic carbocycles. The fourth-order valence-corrected chi connectivity index (χ4v) is 3.02. The van der Waals surface area contributed by atoms with Gasteiger partial charge in [0.2, 0.25) is 0 Å². The lowest BCUT2D eigenvalue weighted by Crippen LogP contribution is -2.33. The highest BCUT2D eigenvalue weighted by atomic mass is 14.9. The molecule has 1 aliphatic carbocycles. The number of hydrogen-bond acceptors (Lipinski definition) is 2. The Kier molecular flexibility index (Phi) is 4.19. The standard InChI is InChI=1S/C15H24N2/c1-11-4-3-5-13(10-11)15(17-2)12-6-8-14(16)9-7-12/h3-5,10,12,14-15,17H,6-9,16H2,1-2H3. The summed E-state index contributed by atoms with van der Waals surface area (Å²) in [5, 5.41) is 3.49. The second kappa shape index (κ2) is 5.65. The molecule has 0 bridgehead atoms. The minimum Gasteiger partial charge on any atom is -0.328 e. The third kappa shape index (κ3) is 3.08. The summed E-state index contributed by atoms with van der Waals surface area (Å²) in [5.74, 6) is 0.738. The van der Waals surface area contributed by atoms with Gasteiger partial charge in [-0.3, -0.25) is 0 Å². The smallest absolute Gasteiger partial charge is 0.0346 e. The summed E-state index contributed by atoms with van der Waals surface area (Å²) in [6, 6.07) is 9.78. The molecular formula is C15H24N2. The van der Waals surface area contributed by atoms with Crippen LogP contribution >= 0.6 is 0 Å². The molecule has 0 amide bonds. The third-order valence-electron chi connectivity index (χ3n) is 4.00. The van der Waals surface area contributed by atoms with E-state index in [0.717, 1.165) is 5.92 Å². The number of nitrogens with two attached hydrogens (primary N) is 1. The van der Waals surface area contributed by atoms with Crippen LogP contribution in [0.25, 0.3) is 0 Å². The molecule has 2 rings (SSSR count). The van der Waals surface area contributed by atoms with Gasteiger partial charge in [0.15, 0.2) is 0 Å². The first-order valence-electron chi connectivity index (χ1n) is 6.70. The Hall–Kier alpha value is -0.860. The molecule has 94 valence electrons. The summed E-state index contributed by atoms with van der Waals surface area (Å²) >= 11 is 0. The Morgan fingerprint density at radius 2 is 1.94 bits per heavy atom. The molecule has 0 radical (unpaired) electrons. The number of nitrogens with one attached hydrogen (secondary N) is 1. The van der Waals surface area contributed by atoms with E-state index in [1.807, 2.05) is 0 Å². The molecule has 0 aromatic heterocycles. The van der Waals surface area contributed by atoms with Crippen molar-refractivity contribution < 1.29 is 0 Å². The summed E-state index contributed by atoms with van der Waals surface area (Å²) in [4.78, 5) is 0. The van der Waals surface area contributed by atoms with Crippen LogP contribution in [0.3, 0.4) is 0 Å². The maximum Gasteiger partial charge on any atom is 0.0346 e. The van der Waals surface area contributed by atoms with Crippen molar-refractivity contribution in [3.63, 3.8) is 0 Å². The average Bonchev–Trinajstić information content (AvgIpc) is 2.33. The average molecular weight is 232 g/mol. The van der Waals surface area contributed by atoms with Crippen LogP contribution < -0.4 is 11.1 Å². The lowest BCUT2D eigenvalue weighted by Gasteiger charge is -2.33. The van der Waals surface area contributed by atoms with Crippen molar-refractivity contribution in [2.75, 3.05) is 7.05 Å². The second-order valence-electron chi connectivity index (χ2n) is 5.36. The number of rotatable bonds is 3. The molecular weight excluding hydrogens is 208 g/mol. The first-order chi connectivity index (χ1) is 8.20. The van der Waals surface area contributed by atoms with Crippen LogP contribution in [0, 0.1) is 12.8 Å². The normalized spacial score (nSPS) is 26.8. The topological polar surface area (TPSA) is 38.0 Å². The van der Waals surface area contributed by atoms with Crippen LogP contribution in [0.1, 0.15) is 42.9 Å². The molecule has 1 saturated carbocycles. The highest BCUT2D eigenvalue weighted by Crippen LogP contribution is 2.34. The molecule has 17 heavy (non-hydrogen) atoms. The van der Waals surface area contributed by atoms with Crippen molar-refractivity contribution in [1.82, 2.24) is 5.32 Å². The van der Waals surface area contributed by atoms with E-state index in [0.29, 0.717) is 12.1 Å². The van der Waals surface area contributed by atoms with Gasteiger partial charge in [0.1, 0.15) is 0 Å². The molecule has 3 N–H and O–H groups in total. The van der Waals surface area contributed by atoms with Crippen molar-refractivity contribution in [1.29, 1.82) is 0 Å². The monoisotopic (exact) mass is 232 g/mol. The van der Waals surface area contributed by atoms with E-state index < -0.39 is 0 Å². The van der Waals surface area contributed by atoms with E-state index in [-0.39, 0.29) is 0 Å². The Morgan fingerprint density at radius 1 is 1.24 bits per heavy atom. The van der Waals surface area contributed by atoms with Crippen LogP contribution in [0.5, 0.6) is 0 Å². The van der Waals surface area contributed by atoms with Gasteiger partial charge in [-0.2, -0.15) is 0 Å². The maximum atomic E-state index is 5.98. The van der Waals surface area contributed by atoms with E-state index in [1.165, 1.54) is 36.8 Å². The first-order valence-corrected chi connectivity index (χ1v) is 6.70. The molecule has 0 aliphatic heterocycles. The number of hydrogen-bond donors (Lipinski definition) is 2. The predicted octanol–water partition coefficient (Wildman–Crippen LogP) is 2.77. The van der Waals surface area contributed by atoms with Crippen LogP contribution in [-0.2, 0) is 0 Å². The summed E-state index contributed by atoms with van der Waals surface area (Å²) < 4.78 is 0. The van der Waals surface area contributed by atoms with Gasteiger partial charge in [0.05, 0.1) is 0 Å². The van der Waals surface area contributed by atoms with E-state index in [4.69, 9.17) is 5.73 Å². The van der Waals surface area contributed by atoms with E-state index in [9.17, 15) is 0 Å². The molecule has 0 saturated heterocycles. The highest BCUT2D eigenvalue weighted by molar-refractivity contribution is 5.25. The van der Waals surface area contributed by atoms with Gasteiger partial charge in [0, 0.05) is 12.1 Å². The van der Waals surface area contributed by atoms with Crippen LogP contribution in [-0.4, -0.2) is 13.1 Å². The van der Waals surface area contributed by atoms with Crippen molar-refractivity contribution in [3.05, 3.63) is 35.4 Å². The van der Waals surface area contributed by atoms with Gasteiger partial charge in [0.25, 0.3) is 0 Å². The zero-order valence-corrected chi connectivity index (χ0v) is 10.9. The molecule has 2 nitrogen and oxygen atoms in total. The van der Waals surface area contributed by atoms with Crippen molar-refractivity contribution in [2.24, 2.45) is 11.7 Å². The Balaban J connectivity index is 2.10. The van der Waals surface area contributed by atoms with Crippen LogP contribution in [0.2, 0.25) is 0 Å². The summed E-state index contributed by atoms with van der Waals surface area (Å²) in [6.07, 6.45) is 4.85. The summed E-state index contributed by atoms with van der Waals surface area (Å²) in [5.41, 5.74) is 8.75. The highest BCUT2D eigenvalue weighted by Gasteiger charge is 2.26. The van der Waals surface area contributed by atoms with E-state index in [2.05, 4.69) is 43.6 Å². The van der Waals surface area contributed by atoms with Crippen molar-refractivity contribution in [2.45, 2.75) is 44.7 Å².